The third kappa shape index (κ3) is 3.41. The number of pyridine rings is 1. The van der Waals surface area contributed by atoms with Crippen molar-refractivity contribution in [1.29, 1.82) is 0 Å². The molecule has 0 bridgehead atoms. The van der Waals surface area contributed by atoms with Crippen LogP contribution >= 0.6 is 0 Å². The summed E-state index contributed by atoms with van der Waals surface area (Å²) in [6.45, 7) is 0.894. The molecule has 0 fully saturated rings. The number of carbonyl (C=O) groups excluding carboxylic acids is 1. The Labute approximate surface area is 142 Å². The maximum atomic E-state index is 12.8. The second-order valence-corrected chi connectivity index (χ2v) is 5.89. The monoisotopic (exact) mass is 326 g/mol. The molecule has 5 nitrogen and oxygen atoms in total. The summed E-state index contributed by atoms with van der Waals surface area (Å²) in [5.74, 6) is 0.425. The molecule has 0 aliphatic heterocycles. The van der Waals surface area contributed by atoms with Crippen LogP contribution in [-0.4, -0.2) is 43.2 Å². The van der Waals surface area contributed by atoms with Crippen LogP contribution < -0.4 is 4.74 Å². The maximum absolute atomic E-state index is 12.8. The fourth-order valence-corrected chi connectivity index (χ4v) is 3.13. The lowest BCUT2D eigenvalue weighted by molar-refractivity contribution is 0.0729. The largest absolute Gasteiger partial charge is 0.475 e. The van der Waals surface area contributed by atoms with Gasteiger partial charge in [0.15, 0.2) is 0 Å². The molecule has 126 valence electrons. The smallest absolute Gasteiger partial charge is 0.254 e. The minimum absolute atomic E-state index is 0.0179. The summed E-state index contributed by atoms with van der Waals surface area (Å²) in [7, 11) is 3.48. The second kappa shape index (κ2) is 7.45. The number of fused-ring (bicyclic) bond motifs is 1. The van der Waals surface area contributed by atoms with Gasteiger partial charge in [-0.25, -0.2) is 4.98 Å². The number of nitrogens with zero attached hydrogens (tertiary/aromatic N) is 2. The summed E-state index contributed by atoms with van der Waals surface area (Å²) in [6, 6.07) is 11.9. The van der Waals surface area contributed by atoms with Gasteiger partial charge >= 0.3 is 0 Å². The Balaban J connectivity index is 1.73. The number of hydrogen-bond donors (Lipinski definition) is 0. The molecule has 3 rings (SSSR count). The van der Waals surface area contributed by atoms with E-state index in [-0.39, 0.29) is 11.9 Å². The molecule has 0 spiro atoms. The standard InChI is InChI=1S/C19H22N2O3/c1-21(17-8-7-14-5-3-4-6-16(14)17)19(22)15-9-10-20-18(13-15)24-12-11-23-2/h3-6,9-10,13,17H,7-8,11-12H2,1-2H3/t17-/m0/s1. The number of methoxy groups -OCH3 is 1. The third-order valence-corrected chi connectivity index (χ3v) is 4.41. The van der Waals surface area contributed by atoms with Crippen LogP contribution in [0.3, 0.4) is 0 Å². The second-order valence-electron chi connectivity index (χ2n) is 5.89. The van der Waals surface area contributed by atoms with Crippen molar-refractivity contribution in [2.24, 2.45) is 0 Å². The van der Waals surface area contributed by atoms with Gasteiger partial charge in [0.25, 0.3) is 5.91 Å². The first-order valence-electron chi connectivity index (χ1n) is 8.13. The minimum Gasteiger partial charge on any atom is -0.475 e. The van der Waals surface area contributed by atoms with E-state index >= 15 is 0 Å². The zero-order valence-electron chi connectivity index (χ0n) is 14.1. The van der Waals surface area contributed by atoms with Crippen LogP contribution in [0.1, 0.15) is 33.9 Å². The van der Waals surface area contributed by atoms with Gasteiger partial charge in [-0.05, 0) is 30.0 Å². The Hall–Kier alpha value is -2.40. The van der Waals surface area contributed by atoms with Gasteiger partial charge in [-0.2, -0.15) is 0 Å². The maximum Gasteiger partial charge on any atom is 0.254 e. The van der Waals surface area contributed by atoms with Crippen molar-refractivity contribution in [3.05, 3.63) is 59.3 Å². The lowest BCUT2D eigenvalue weighted by atomic mass is 10.1. The van der Waals surface area contributed by atoms with Crippen molar-refractivity contribution in [2.75, 3.05) is 27.4 Å². The average Bonchev–Trinajstić information content (AvgIpc) is 3.05. The highest BCUT2D eigenvalue weighted by Crippen LogP contribution is 2.35. The predicted octanol–water partition coefficient (Wildman–Crippen LogP) is 2.87. The molecule has 0 saturated heterocycles. The van der Waals surface area contributed by atoms with Crippen LogP contribution in [0, 0.1) is 0 Å². The van der Waals surface area contributed by atoms with Crippen LogP contribution in [0.25, 0.3) is 0 Å². The quantitative estimate of drug-likeness (QED) is 0.766. The number of amides is 1. The lowest BCUT2D eigenvalue weighted by Gasteiger charge is -2.25. The Morgan fingerprint density at radius 1 is 1.29 bits per heavy atom. The fourth-order valence-electron chi connectivity index (χ4n) is 3.13. The summed E-state index contributed by atoms with van der Waals surface area (Å²) >= 11 is 0. The highest BCUT2D eigenvalue weighted by molar-refractivity contribution is 5.94. The van der Waals surface area contributed by atoms with Gasteiger partial charge < -0.3 is 14.4 Å². The van der Waals surface area contributed by atoms with Gasteiger partial charge in [-0.15, -0.1) is 0 Å². The molecule has 1 amide bonds. The molecule has 1 aromatic carbocycles. The van der Waals surface area contributed by atoms with Crippen molar-refractivity contribution >= 4 is 5.91 Å². The summed E-state index contributed by atoms with van der Waals surface area (Å²) in [5, 5.41) is 0. The third-order valence-electron chi connectivity index (χ3n) is 4.41. The normalized spacial score (nSPS) is 15.8. The van der Waals surface area contributed by atoms with E-state index in [4.69, 9.17) is 9.47 Å². The molecule has 1 aliphatic carbocycles. The SMILES string of the molecule is COCCOc1cc(C(=O)N(C)[C@H]2CCc3ccccc32)ccn1. The molecule has 0 saturated carbocycles. The Bertz CT molecular complexity index is 717. The van der Waals surface area contributed by atoms with Crippen LogP contribution in [0.5, 0.6) is 5.88 Å². The van der Waals surface area contributed by atoms with Crippen molar-refractivity contribution in [3.8, 4) is 5.88 Å². The lowest BCUT2D eigenvalue weighted by Crippen LogP contribution is -2.30. The van der Waals surface area contributed by atoms with Crippen LogP contribution in [0.4, 0.5) is 0 Å². The van der Waals surface area contributed by atoms with E-state index in [0.29, 0.717) is 24.7 Å². The van der Waals surface area contributed by atoms with E-state index in [0.717, 1.165) is 12.8 Å². The van der Waals surface area contributed by atoms with E-state index in [2.05, 4.69) is 23.2 Å². The van der Waals surface area contributed by atoms with Gasteiger partial charge in [-0.3, -0.25) is 4.79 Å². The fraction of sp³-hybridized carbons (Fsp3) is 0.368. The average molecular weight is 326 g/mol. The first-order chi connectivity index (χ1) is 11.7. The highest BCUT2D eigenvalue weighted by atomic mass is 16.5. The molecular weight excluding hydrogens is 304 g/mol. The summed E-state index contributed by atoms with van der Waals surface area (Å²) in [6.07, 6.45) is 3.58. The molecule has 1 aliphatic rings. The van der Waals surface area contributed by atoms with E-state index in [1.807, 2.05) is 18.0 Å². The van der Waals surface area contributed by atoms with Gasteiger partial charge in [0.05, 0.1) is 12.6 Å². The molecule has 0 radical (unpaired) electrons. The van der Waals surface area contributed by atoms with Crippen LogP contribution in [0.15, 0.2) is 42.6 Å². The summed E-state index contributed by atoms with van der Waals surface area (Å²) in [4.78, 5) is 18.8. The minimum atomic E-state index is -0.0179. The number of hydrogen-bond acceptors (Lipinski definition) is 4. The zero-order chi connectivity index (χ0) is 16.9. The van der Waals surface area contributed by atoms with Crippen molar-refractivity contribution < 1.29 is 14.3 Å². The van der Waals surface area contributed by atoms with Gasteiger partial charge in [0.2, 0.25) is 5.88 Å². The molecule has 1 atom stereocenters. The predicted molar refractivity (Wildman–Crippen MR) is 91.2 cm³/mol. The van der Waals surface area contributed by atoms with Crippen molar-refractivity contribution in [1.82, 2.24) is 9.88 Å². The zero-order valence-corrected chi connectivity index (χ0v) is 14.1. The van der Waals surface area contributed by atoms with Gasteiger partial charge in [0, 0.05) is 32.0 Å². The molecule has 5 heteroatoms. The van der Waals surface area contributed by atoms with E-state index in [1.165, 1.54) is 11.1 Å². The van der Waals surface area contributed by atoms with E-state index in [1.54, 1.807) is 25.4 Å². The first kappa shape index (κ1) is 16.5. The topological polar surface area (TPSA) is 51.7 Å². The van der Waals surface area contributed by atoms with E-state index < -0.39 is 0 Å². The van der Waals surface area contributed by atoms with Crippen molar-refractivity contribution in [3.63, 3.8) is 0 Å². The van der Waals surface area contributed by atoms with E-state index in [9.17, 15) is 4.79 Å². The number of ether oxygens (including phenoxy) is 2. The molecule has 1 heterocycles. The summed E-state index contributed by atoms with van der Waals surface area (Å²) < 4.78 is 10.4. The molecule has 1 aromatic heterocycles. The molecular formula is C19H22N2O3. The summed E-state index contributed by atoms with van der Waals surface area (Å²) in [5.41, 5.74) is 3.17. The molecule has 2 aromatic rings. The van der Waals surface area contributed by atoms with Crippen molar-refractivity contribution in [2.45, 2.75) is 18.9 Å². The number of rotatable bonds is 6. The molecule has 0 unspecified atom stereocenters. The van der Waals surface area contributed by atoms with Crippen LogP contribution in [-0.2, 0) is 11.2 Å². The van der Waals surface area contributed by atoms with Gasteiger partial charge in [-0.1, -0.05) is 24.3 Å². The first-order valence-corrected chi connectivity index (χ1v) is 8.13. The molecule has 0 N–H and O–H groups in total. The number of aromatic nitrogens is 1. The Kier molecular flexibility index (Phi) is 5.11. The number of aryl methyl sites for hydroxylation is 1. The van der Waals surface area contributed by atoms with Crippen LogP contribution in [0.2, 0.25) is 0 Å². The molecule has 24 heavy (non-hydrogen) atoms. The number of carbonyl (C=O) groups is 1. The Morgan fingerprint density at radius 3 is 2.96 bits per heavy atom. The number of benzene rings is 1. The van der Waals surface area contributed by atoms with Gasteiger partial charge in [0.1, 0.15) is 6.61 Å². The Morgan fingerprint density at radius 2 is 2.12 bits per heavy atom. The highest BCUT2D eigenvalue weighted by Gasteiger charge is 2.28.